The molecule has 0 unspecified atom stereocenters. The van der Waals surface area contributed by atoms with Crippen molar-refractivity contribution in [3.05, 3.63) is 130 Å². The van der Waals surface area contributed by atoms with Crippen LogP contribution in [0.15, 0.2) is 130 Å². The van der Waals surface area contributed by atoms with Crippen LogP contribution in [0.4, 0.5) is 0 Å². The largest absolute Gasteiger partial charge is 0.393 e. The van der Waals surface area contributed by atoms with Crippen molar-refractivity contribution in [1.82, 2.24) is 0 Å². The van der Waals surface area contributed by atoms with Gasteiger partial charge in [0.05, 0.1) is 12.2 Å². The predicted octanol–water partition coefficient (Wildman–Crippen LogP) is 10.4. The van der Waals surface area contributed by atoms with Crippen LogP contribution in [0, 0.1) is 16.7 Å². The number of rotatable bonds is 10. The summed E-state index contributed by atoms with van der Waals surface area (Å²) in [5.41, 5.74) is 8.73. The normalized spacial score (nSPS) is 26.6. The van der Waals surface area contributed by atoms with E-state index in [1.807, 2.05) is 6.08 Å². The van der Waals surface area contributed by atoms with Crippen molar-refractivity contribution in [2.75, 3.05) is 0 Å². The first kappa shape index (κ1) is 35.3. The van der Waals surface area contributed by atoms with Gasteiger partial charge in [0.2, 0.25) is 0 Å². The lowest BCUT2D eigenvalue weighted by Gasteiger charge is -2.38. The Morgan fingerprint density at radius 3 is 1.74 bits per heavy atom. The molecule has 2 heteroatoms. The molecule has 0 fully saturated rings. The Labute approximate surface area is 257 Å². The van der Waals surface area contributed by atoms with E-state index in [2.05, 4.69) is 154 Å². The number of allylic oxidation sites excluding steroid dienone is 20. The number of aliphatic hydroxyl groups is 2. The van der Waals surface area contributed by atoms with E-state index >= 15 is 0 Å². The van der Waals surface area contributed by atoms with Gasteiger partial charge in [-0.15, -0.1) is 0 Å². The fraction of sp³-hybridized carbons (Fsp3) is 0.450. The fourth-order valence-corrected chi connectivity index (χ4v) is 6.14. The zero-order chi connectivity index (χ0) is 31.5. The highest BCUT2D eigenvalue weighted by atomic mass is 16.3. The van der Waals surface area contributed by atoms with Crippen LogP contribution in [0.1, 0.15) is 88.5 Å². The summed E-state index contributed by atoms with van der Waals surface area (Å²) in [6.07, 6.45) is 33.8. The highest BCUT2D eigenvalue weighted by Crippen LogP contribution is 2.42. The third kappa shape index (κ3) is 11.7. The molecule has 0 saturated carbocycles. The molecule has 228 valence electrons. The van der Waals surface area contributed by atoms with Gasteiger partial charge in [-0.25, -0.2) is 0 Å². The Hall–Kier alpha value is -2.94. The molecule has 2 nitrogen and oxygen atoms in total. The molecule has 2 aliphatic rings. The van der Waals surface area contributed by atoms with Crippen LogP contribution in [-0.4, -0.2) is 22.4 Å². The maximum Gasteiger partial charge on any atom is 0.0729 e. The molecule has 0 bridgehead atoms. The Morgan fingerprint density at radius 2 is 1.21 bits per heavy atom. The van der Waals surface area contributed by atoms with E-state index in [4.69, 9.17) is 0 Å². The molecule has 2 N–H and O–H groups in total. The lowest BCUT2D eigenvalue weighted by Crippen LogP contribution is -2.32. The first-order chi connectivity index (χ1) is 19.6. The minimum absolute atomic E-state index is 0.00528. The van der Waals surface area contributed by atoms with Crippen molar-refractivity contribution in [1.29, 1.82) is 0 Å². The second-order valence-corrected chi connectivity index (χ2v) is 13.7. The van der Waals surface area contributed by atoms with E-state index in [0.717, 1.165) is 19.3 Å². The third-order valence-electron chi connectivity index (χ3n) is 8.33. The van der Waals surface area contributed by atoms with Crippen LogP contribution < -0.4 is 0 Å². The average molecular weight is 569 g/mol. The number of hydrogen-bond acceptors (Lipinski definition) is 2. The van der Waals surface area contributed by atoms with Crippen molar-refractivity contribution < 1.29 is 10.2 Å². The Balaban J connectivity index is 1.90. The van der Waals surface area contributed by atoms with Crippen molar-refractivity contribution in [2.45, 2.75) is 101 Å². The summed E-state index contributed by atoms with van der Waals surface area (Å²) in [6, 6.07) is 0. The monoisotopic (exact) mass is 568 g/mol. The second-order valence-electron chi connectivity index (χ2n) is 13.7. The first-order valence-electron chi connectivity index (χ1n) is 15.4. The van der Waals surface area contributed by atoms with E-state index in [9.17, 15) is 10.2 Å². The summed E-state index contributed by atoms with van der Waals surface area (Å²) in [7, 11) is 0. The molecule has 42 heavy (non-hydrogen) atoms. The van der Waals surface area contributed by atoms with Crippen LogP contribution >= 0.6 is 0 Å². The van der Waals surface area contributed by atoms with Gasteiger partial charge < -0.3 is 10.2 Å². The minimum Gasteiger partial charge on any atom is -0.393 e. The van der Waals surface area contributed by atoms with Crippen molar-refractivity contribution in [2.24, 2.45) is 16.7 Å². The smallest absolute Gasteiger partial charge is 0.0729 e. The molecule has 2 rings (SSSR count). The molecule has 0 aromatic carbocycles. The van der Waals surface area contributed by atoms with E-state index in [-0.39, 0.29) is 23.0 Å². The minimum atomic E-state index is -0.331. The maximum absolute atomic E-state index is 10.1. The van der Waals surface area contributed by atoms with E-state index < -0.39 is 0 Å². The third-order valence-corrected chi connectivity index (χ3v) is 8.33. The number of aliphatic hydroxyl groups excluding tert-OH is 2. The van der Waals surface area contributed by atoms with Crippen LogP contribution in [0.5, 0.6) is 0 Å². The van der Waals surface area contributed by atoms with Gasteiger partial charge >= 0.3 is 0 Å². The molecule has 0 saturated heterocycles. The highest BCUT2D eigenvalue weighted by Gasteiger charge is 2.34. The Kier molecular flexibility index (Phi) is 13.5. The van der Waals surface area contributed by atoms with Gasteiger partial charge in [-0.2, -0.15) is 0 Å². The molecule has 2 aliphatic carbocycles. The van der Waals surface area contributed by atoms with Crippen molar-refractivity contribution in [3.63, 3.8) is 0 Å². The summed E-state index contributed by atoms with van der Waals surface area (Å²) in [5.74, 6) is 0.348. The Bertz CT molecular complexity index is 1270. The van der Waals surface area contributed by atoms with Gasteiger partial charge in [0.15, 0.2) is 0 Å². The zero-order valence-electron chi connectivity index (χ0n) is 27.9. The quantitative estimate of drug-likeness (QED) is 0.203. The summed E-state index contributed by atoms with van der Waals surface area (Å²) >= 11 is 0. The second kappa shape index (κ2) is 16.1. The molecule has 3 atom stereocenters. The van der Waals surface area contributed by atoms with Crippen LogP contribution in [-0.2, 0) is 0 Å². The lowest BCUT2D eigenvalue weighted by molar-refractivity contribution is 0.116. The van der Waals surface area contributed by atoms with Crippen molar-refractivity contribution in [3.8, 4) is 0 Å². The van der Waals surface area contributed by atoms with E-state index in [1.165, 1.54) is 39.0 Å². The van der Waals surface area contributed by atoms with Crippen LogP contribution in [0.3, 0.4) is 0 Å². The van der Waals surface area contributed by atoms with Gasteiger partial charge in [-0.05, 0) is 77.2 Å². The van der Waals surface area contributed by atoms with Gasteiger partial charge in [-0.3, -0.25) is 0 Å². The molecule has 0 aliphatic heterocycles. The molecule has 0 radical (unpaired) electrons. The summed E-state index contributed by atoms with van der Waals surface area (Å²) in [4.78, 5) is 0. The summed E-state index contributed by atoms with van der Waals surface area (Å²) in [6.45, 7) is 21.6. The van der Waals surface area contributed by atoms with Gasteiger partial charge in [0, 0.05) is 5.92 Å². The molecule has 0 heterocycles. The Morgan fingerprint density at radius 1 is 0.714 bits per heavy atom. The molecular formula is C40H56O2. The molecule has 0 aromatic heterocycles. The molecule has 0 aromatic rings. The average Bonchev–Trinajstić information content (AvgIpc) is 2.84. The standard InChI is InChI=1S/C40H56O2/c1-29(17-13-19-31(3)21-23-37-33(5)25-35(41)27-39(37,7)8)15-11-12-16-30(2)18-14-20-32(4)22-24-38-34(6)26-36(42)28-40(38,9)10/h11-25,35-37,41-42H,26-28H2,1-10H3/b12-11?,17-13+,18-14?,23-21?,24-22?,29-15?,30-16?,31-19?,32-20?/t35-,36+,37+/m0/s1. The zero-order valence-corrected chi connectivity index (χ0v) is 27.9. The lowest BCUT2D eigenvalue weighted by atomic mass is 9.67. The summed E-state index contributed by atoms with van der Waals surface area (Å²) < 4.78 is 0. The topological polar surface area (TPSA) is 40.5 Å². The summed E-state index contributed by atoms with van der Waals surface area (Å²) in [5, 5.41) is 20.2. The van der Waals surface area contributed by atoms with E-state index in [0.29, 0.717) is 5.92 Å². The molecule has 0 spiro atoms. The maximum atomic E-state index is 10.1. The molecular weight excluding hydrogens is 512 g/mol. The highest BCUT2D eigenvalue weighted by molar-refractivity contribution is 5.38. The predicted molar refractivity (Wildman–Crippen MR) is 184 cm³/mol. The fourth-order valence-electron chi connectivity index (χ4n) is 6.14. The first-order valence-corrected chi connectivity index (χ1v) is 15.4. The van der Waals surface area contributed by atoms with Crippen LogP contribution in [0.25, 0.3) is 0 Å². The van der Waals surface area contributed by atoms with Crippen LogP contribution in [0.2, 0.25) is 0 Å². The molecule has 0 amide bonds. The SMILES string of the molecule is CC(C=CC=C(C)C=CC1=C(C)C[C@@H](O)CC1(C)C)=CC=CC=C(C)/C=C/C=C(C)C=C[C@@H]1C(C)=C[C@H](O)CC1(C)C. The van der Waals surface area contributed by atoms with Gasteiger partial charge in [-0.1, -0.05) is 152 Å². The number of hydrogen-bond donors (Lipinski definition) is 2. The van der Waals surface area contributed by atoms with E-state index in [1.54, 1.807) is 0 Å². The van der Waals surface area contributed by atoms with Gasteiger partial charge in [0.25, 0.3) is 0 Å². The van der Waals surface area contributed by atoms with Crippen molar-refractivity contribution >= 4 is 0 Å². The van der Waals surface area contributed by atoms with Gasteiger partial charge in [0.1, 0.15) is 0 Å².